The first-order chi connectivity index (χ1) is 14.8. The molecule has 2 amide bonds. The summed E-state index contributed by atoms with van der Waals surface area (Å²) in [5.74, 6) is -0.762. The lowest BCUT2D eigenvalue weighted by Crippen LogP contribution is -2.31. The van der Waals surface area contributed by atoms with Crippen molar-refractivity contribution in [2.24, 2.45) is 0 Å². The van der Waals surface area contributed by atoms with Gasteiger partial charge in [-0.25, -0.2) is 8.42 Å². The van der Waals surface area contributed by atoms with Crippen LogP contribution in [0, 0.1) is 13.8 Å². The van der Waals surface area contributed by atoms with Crippen LogP contribution < -0.4 is 4.72 Å². The van der Waals surface area contributed by atoms with E-state index in [-0.39, 0.29) is 23.0 Å². The standard InChI is InChI=1S/C23H21N3O4S/c1-15-5-10-20(16(2)14-15)25-31(29,30)18-8-6-17(7-9-18)11-13-26-22(27)19-4-3-12-24-21(19)23(26)28/h3-10,12,14,25H,11,13H2,1-2H3. The summed E-state index contributed by atoms with van der Waals surface area (Å²) >= 11 is 0. The van der Waals surface area contributed by atoms with E-state index >= 15 is 0 Å². The number of benzene rings is 2. The molecule has 0 fully saturated rings. The van der Waals surface area contributed by atoms with E-state index in [4.69, 9.17) is 0 Å². The molecule has 2 heterocycles. The van der Waals surface area contributed by atoms with Crippen molar-refractivity contribution < 1.29 is 18.0 Å². The Morgan fingerprint density at radius 1 is 0.968 bits per heavy atom. The molecule has 31 heavy (non-hydrogen) atoms. The number of nitrogens with zero attached hydrogens (tertiary/aromatic N) is 2. The number of fused-ring (bicyclic) bond motifs is 1. The van der Waals surface area contributed by atoms with Gasteiger partial charge in [-0.1, -0.05) is 29.8 Å². The van der Waals surface area contributed by atoms with Crippen LogP contribution in [0.15, 0.2) is 65.7 Å². The molecular weight excluding hydrogens is 414 g/mol. The maximum Gasteiger partial charge on any atom is 0.280 e. The molecule has 8 heteroatoms. The Bertz CT molecular complexity index is 1250. The number of aromatic nitrogens is 1. The number of hydrogen-bond acceptors (Lipinski definition) is 5. The predicted molar refractivity (Wildman–Crippen MR) is 116 cm³/mol. The number of aryl methyl sites for hydroxylation is 2. The molecule has 0 radical (unpaired) electrons. The van der Waals surface area contributed by atoms with E-state index in [1.165, 1.54) is 23.2 Å². The SMILES string of the molecule is Cc1ccc(NS(=O)(=O)c2ccc(CCN3C(=O)c4cccnc4C3=O)cc2)c(C)c1. The molecule has 7 nitrogen and oxygen atoms in total. The van der Waals surface area contributed by atoms with Gasteiger partial charge in [-0.3, -0.25) is 24.2 Å². The second-order valence-corrected chi connectivity index (χ2v) is 9.16. The zero-order valence-corrected chi connectivity index (χ0v) is 17.9. The van der Waals surface area contributed by atoms with Gasteiger partial charge in [-0.05, 0) is 61.7 Å². The van der Waals surface area contributed by atoms with Crippen LogP contribution in [0.1, 0.15) is 37.5 Å². The molecule has 0 atom stereocenters. The van der Waals surface area contributed by atoms with Crippen LogP contribution in [-0.2, 0) is 16.4 Å². The normalized spacial score (nSPS) is 13.4. The van der Waals surface area contributed by atoms with Crippen molar-refractivity contribution in [2.45, 2.75) is 25.2 Å². The summed E-state index contributed by atoms with van der Waals surface area (Å²) in [5.41, 5.74) is 3.73. The van der Waals surface area contributed by atoms with E-state index in [0.717, 1.165) is 16.7 Å². The molecule has 0 unspecified atom stereocenters. The van der Waals surface area contributed by atoms with Gasteiger partial charge < -0.3 is 0 Å². The maximum atomic E-state index is 12.7. The molecule has 0 bridgehead atoms. The molecule has 1 aliphatic rings. The summed E-state index contributed by atoms with van der Waals surface area (Å²) in [4.78, 5) is 30.1. The van der Waals surface area contributed by atoms with E-state index in [1.54, 1.807) is 30.3 Å². The van der Waals surface area contributed by atoms with Crippen LogP contribution in [0.5, 0.6) is 0 Å². The highest BCUT2D eigenvalue weighted by atomic mass is 32.2. The molecule has 0 spiro atoms. The zero-order chi connectivity index (χ0) is 22.2. The van der Waals surface area contributed by atoms with Gasteiger partial charge in [0, 0.05) is 12.7 Å². The van der Waals surface area contributed by atoms with Crippen molar-refractivity contribution >= 4 is 27.5 Å². The number of nitrogens with one attached hydrogen (secondary N) is 1. The maximum absolute atomic E-state index is 12.7. The molecule has 4 rings (SSSR count). The fourth-order valence-corrected chi connectivity index (χ4v) is 4.66. The Balaban J connectivity index is 1.44. The van der Waals surface area contributed by atoms with E-state index < -0.39 is 15.9 Å². The molecule has 3 aromatic rings. The number of carbonyl (C=O) groups is 2. The second-order valence-electron chi connectivity index (χ2n) is 7.48. The monoisotopic (exact) mass is 435 g/mol. The van der Waals surface area contributed by atoms with Crippen LogP contribution in [0.25, 0.3) is 0 Å². The number of hydrogen-bond donors (Lipinski definition) is 1. The molecule has 1 N–H and O–H groups in total. The average Bonchev–Trinajstić information content (AvgIpc) is 2.99. The summed E-state index contributed by atoms with van der Waals surface area (Å²) in [6.07, 6.45) is 1.90. The highest BCUT2D eigenvalue weighted by Crippen LogP contribution is 2.23. The van der Waals surface area contributed by atoms with Gasteiger partial charge in [-0.15, -0.1) is 0 Å². The fourth-order valence-electron chi connectivity index (χ4n) is 3.52. The topological polar surface area (TPSA) is 96.4 Å². The lowest BCUT2D eigenvalue weighted by Gasteiger charge is -2.14. The third-order valence-electron chi connectivity index (χ3n) is 5.21. The summed E-state index contributed by atoms with van der Waals surface area (Å²) < 4.78 is 28.0. The quantitative estimate of drug-likeness (QED) is 0.599. The largest absolute Gasteiger partial charge is 0.280 e. The van der Waals surface area contributed by atoms with Gasteiger partial charge in [0.15, 0.2) is 0 Å². The number of amides is 2. The van der Waals surface area contributed by atoms with Crippen LogP contribution in [-0.4, -0.2) is 36.7 Å². The van der Waals surface area contributed by atoms with Crippen LogP contribution >= 0.6 is 0 Å². The van der Waals surface area contributed by atoms with Crippen LogP contribution in [0.2, 0.25) is 0 Å². The highest BCUT2D eigenvalue weighted by molar-refractivity contribution is 7.92. The Morgan fingerprint density at radius 3 is 2.39 bits per heavy atom. The molecule has 1 aromatic heterocycles. The number of rotatable bonds is 6. The highest BCUT2D eigenvalue weighted by Gasteiger charge is 2.36. The van der Waals surface area contributed by atoms with Gasteiger partial charge in [-0.2, -0.15) is 0 Å². The number of anilines is 1. The van der Waals surface area contributed by atoms with Crippen molar-refractivity contribution in [3.05, 3.63) is 88.7 Å². The van der Waals surface area contributed by atoms with Crippen molar-refractivity contribution in [1.29, 1.82) is 0 Å². The van der Waals surface area contributed by atoms with Crippen molar-refractivity contribution in [3.8, 4) is 0 Å². The smallest absolute Gasteiger partial charge is 0.279 e. The summed E-state index contributed by atoms with van der Waals surface area (Å²) in [7, 11) is -3.73. The fraction of sp³-hybridized carbons (Fsp3) is 0.174. The minimum atomic E-state index is -3.73. The number of pyridine rings is 1. The zero-order valence-electron chi connectivity index (χ0n) is 17.1. The Morgan fingerprint density at radius 2 is 1.71 bits per heavy atom. The Kier molecular flexibility index (Phi) is 5.32. The lowest BCUT2D eigenvalue weighted by atomic mass is 10.1. The van der Waals surface area contributed by atoms with Gasteiger partial charge in [0.05, 0.1) is 16.1 Å². The first kappa shape index (κ1) is 20.7. The minimum absolute atomic E-state index is 0.140. The van der Waals surface area contributed by atoms with E-state index in [9.17, 15) is 18.0 Å². The summed E-state index contributed by atoms with van der Waals surface area (Å²) in [5, 5.41) is 0. The number of carbonyl (C=O) groups excluding carboxylic acids is 2. The molecule has 1 aliphatic heterocycles. The molecule has 2 aromatic carbocycles. The Labute approximate surface area is 180 Å². The molecule has 0 aliphatic carbocycles. The minimum Gasteiger partial charge on any atom is -0.279 e. The molecular formula is C23H21N3O4S. The summed E-state index contributed by atoms with van der Waals surface area (Å²) in [6.45, 7) is 3.99. The predicted octanol–water partition coefficient (Wildman–Crippen LogP) is 3.34. The second kappa shape index (κ2) is 7.96. The lowest BCUT2D eigenvalue weighted by molar-refractivity contribution is 0.0654. The first-order valence-corrected chi connectivity index (χ1v) is 11.2. The molecule has 0 saturated carbocycles. The van der Waals surface area contributed by atoms with E-state index in [2.05, 4.69) is 9.71 Å². The van der Waals surface area contributed by atoms with E-state index in [1.807, 2.05) is 26.0 Å². The number of sulfonamides is 1. The first-order valence-electron chi connectivity index (χ1n) is 9.76. The van der Waals surface area contributed by atoms with Crippen LogP contribution in [0.4, 0.5) is 5.69 Å². The summed E-state index contributed by atoms with van der Waals surface area (Å²) in [6, 6.07) is 15.1. The Hall–Kier alpha value is -3.52. The average molecular weight is 436 g/mol. The third kappa shape index (κ3) is 4.06. The van der Waals surface area contributed by atoms with Crippen molar-refractivity contribution in [3.63, 3.8) is 0 Å². The molecule has 0 saturated heterocycles. The van der Waals surface area contributed by atoms with Crippen molar-refractivity contribution in [1.82, 2.24) is 9.88 Å². The van der Waals surface area contributed by atoms with Gasteiger partial charge in [0.1, 0.15) is 5.69 Å². The third-order valence-corrected chi connectivity index (χ3v) is 6.60. The number of imide groups is 1. The van der Waals surface area contributed by atoms with Gasteiger partial charge in [0.25, 0.3) is 21.8 Å². The van der Waals surface area contributed by atoms with E-state index in [0.29, 0.717) is 17.7 Å². The van der Waals surface area contributed by atoms with Gasteiger partial charge in [0.2, 0.25) is 0 Å². The van der Waals surface area contributed by atoms with Crippen molar-refractivity contribution in [2.75, 3.05) is 11.3 Å². The van der Waals surface area contributed by atoms with Crippen LogP contribution in [0.3, 0.4) is 0 Å². The molecule has 158 valence electrons. The van der Waals surface area contributed by atoms with Gasteiger partial charge >= 0.3 is 0 Å².